The Balaban J connectivity index is 2.12. The van der Waals surface area contributed by atoms with Gasteiger partial charge in [0.2, 0.25) is 0 Å². The number of piperazine rings is 1. The van der Waals surface area contributed by atoms with Gasteiger partial charge in [0.1, 0.15) is 5.84 Å². The van der Waals surface area contributed by atoms with Crippen molar-refractivity contribution in [3.8, 4) is 0 Å². The maximum absolute atomic E-state index is 6.09. The molecule has 6 heteroatoms. The van der Waals surface area contributed by atoms with Crippen LogP contribution in [0.4, 0.5) is 5.69 Å². The highest BCUT2D eigenvalue weighted by atomic mass is 15.2. The number of hydrogen-bond donors (Lipinski definition) is 4. The van der Waals surface area contributed by atoms with E-state index in [-0.39, 0.29) is 0 Å². The summed E-state index contributed by atoms with van der Waals surface area (Å²) in [5, 5.41) is 6.41. The topological polar surface area (TPSA) is 91.7 Å². The number of aliphatic imine (C=N–C) groups is 1. The standard InChI is InChI=1S/C18H28N6/c1-13(19)17(12-21-3)18(20)23-14(2)15-4-6-16(7-5-15)24-10-8-22-9-11-24/h4-7,21-22H,2,8-12,19H2,1,3H3,(H2,20,23)/b17-13-. The number of benzene rings is 1. The highest BCUT2D eigenvalue weighted by Crippen LogP contribution is 2.20. The van der Waals surface area contributed by atoms with Crippen molar-refractivity contribution in [3.63, 3.8) is 0 Å². The Kier molecular flexibility index (Phi) is 6.40. The van der Waals surface area contributed by atoms with E-state index in [1.54, 1.807) is 0 Å². The minimum absolute atomic E-state index is 0.403. The van der Waals surface area contributed by atoms with Crippen LogP contribution in [0, 0.1) is 0 Å². The molecule has 1 saturated heterocycles. The first-order valence-corrected chi connectivity index (χ1v) is 8.22. The van der Waals surface area contributed by atoms with Gasteiger partial charge in [0.05, 0.1) is 5.70 Å². The van der Waals surface area contributed by atoms with Crippen LogP contribution in [0.15, 0.2) is 47.1 Å². The molecule has 0 aromatic heterocycles. The molecule has 0 atom stereocenters. The number of amidine groups is 1. The van der Waals surface area contributed by atoms with Crippen molar-refractivity contribution < 1.29 is 0 Å². The summed E-state index contributed by atoms with van der Waals surface area (Å²) in [7, 11) is 1.85. The summed E-state index contributed by atoms with van der Waals surface area (Å²) in [5.74, 6) is 0.403. The van der Waals surface area contributed by atoms with Gasteiger partial charge in [-0.25, -0.2) is 4.99 Å². The van der Waals surface area contributed by atoms with Gasteiger partial charge in [-0.3, -0.25) is 0 Å². The molecule has 1 aromatic rings. The van der Waals surface area contributed by atoms with Gasteiger partial charge in [-0.2, -0.15) is 0 Å². The molecule has 1 aromatic carbocycles. The van der Waals surface area contributed by atoms with E-state index in [0.717, 1.165) is 37.3 Å². The van der Waals surface area contributed by atoms with Gasteiger partial charge < -0.3 is 27.0 Å². The van der Waals surface area contributed by atoms with Crippen LogP contribution < -0.4 is 27.0 Å². The van der Waals surface area contributed by atoms with E-state index in [9.17, 15) is 0 Å². The zero-order chi connectivity index (χ0) is 17.5. The molecule has 6 nitrogen and oxygen atoms in total. The number of anilines is 1. The van der Waals surface area contributed by atoms with Crippen molar-refractivity contribution in [2.75, 3.05) is 44.7 Å². The summed E-state index contributed by atoms with van der Waals surface area (Å²) in [6.07, 6.45) is 0. The number of rotatable bonds is 6. The average Bonchev–Trinajstić information content (AvgIpc) is 2.60. The lowest BCUT2D eigenvalue weighted by Gasteiger charge is -2.29. The monoisotopic (exact) mass is 328 g/mol. The average molecular weight is 328 g/mol. The van der Waals surface area contributed by atoms with Crippen molar-refractivity contribution in [2.24, 2.45) is 16.5 Å². The normalized spacial score (nSPS) is 16.8. The van der Waals surface area contributed by atoms with E-state index in [1.165, 1.54) is 5.69 Å². The van der Waals surface area contributed by atoms with Crippen molar-refractivity contribution in [1.29, 1.82) is 0 Å². The van der Waals surface area contributed by atoms with Gasteiger partial charge in [0, 0.05) is 49.7 Å². The third-order valence-electron chi connectivity index (χ3n) is 4.08. The predicted molar refractivity (Wildman–Crippen MR) is 103 cm³/mol. The number of nitrogens with two attached hydrogens (primary N) is 2. The molecule has 0 amide bonds. The molecule has 1 aliphatic heterocycles. The number of nitrogens with one attached hydrogen (secondary N) is 2. The Morgan fingerprint density at radius 3 is 2.42 bits per heavy atom. The third kappa shape index (κ3) is 4.59. The Morgan fingerprint density at radius 2 is 1.88 bits per heavy atom. The summed E-state index contributed by atoms with van der Waals surface area (Å²) in [6, 6.07) is 8.28. The largest absolute Gasteiger partial charge is 0.402 e. The maximum Gasteiger partial charge on any atom is 0.130 e. The lowest BCUT2D eigenvalue weighted by molar-refractivity contribution is 0.589. The Hall–Kier alpha value is -2.31. The van der Waals surface area contributed by atoms with Crippen LogP contribution in [0.2, 0.25) is 0 Å². The molecule has 0 radical (unpaired) electrons. The minimum atomic E-state index is 0.403. The molecule has 2 rings (SSSR count). The van der Waals surface area contributed by atoms with Gasteiger partial charge in [0.15, 0.2) is 0 Å². The van der Waals surface area contributed by atoms with Gasteiger partial charge >= 0.3 is 0 Å². The van der Waals surface area contributed by atoms with Crippen molar-refractivity contribution in [3.05, 3.63) is 47.7 Å². The molecule has 0 spiro atoms. The molecule has 0 saturated carbocycles. The van der Waals surface area contributed by atoms with E-state index < -0.39 is 0 Å². The quantitative estimate of drug-likeness (QED) is 0.459. The molecule has 1 fully saturated rings. The van der Waals surface area contributed by atoms with Crippen LogP contribution in [-0.2, 0) is 0 Å². The fraction of sp³-hybridized carbons (Fsp3) is 0.389. The summed E-state index contributed by atoms with van der Waals surface area (Å²) < 4.78 is 0. The van der Waals surface area contributed by atoms with Crippen molar-refractivity contribution in [1.82, 2.24) is 10.6 Å². The minimum Gasteiger partial charge on any atom is -0.402 e. The van der Waals surface area contributed by atoms with E-state index in [1.807, 2.05) is 26.1 Å². The van der Waals surface area contributed by atoms with E-state index in [4.69, 9.17) is 11.5 Å². The second-order valence-corrected chi connectivity index (χ2v) is 5.92. The van der Waals surface area contributed by atoms with Crippen LogP contribution >= 0.6 is 0 Å². The Morgan fingerprint density at radius 1 is 1.25 bits per heavy atom. The van der Waals surface area contributed by atoms with E-state index >= 15 is 0 Å². The van der Waals surface area contributed by atoms with Gasteiger partial charge in [-0.05, 0) is 31.7 Å². The lowest BCUT2D eigenvalue weighted by Crippen LogP contribution is -2.43. The molecular formula is C18H28N6. The number of likely N-dealkylation sites (N-methyl/N-ethyl adjacent to an activating group) is 1. The second-order valence-electron chi connectivity index (χ2n) is 5.92. The highest BCUT2D eigenvalue weighted by molar-refractivity contribution is 6.00. The first-order chi connectivity index (χ1) is 11.5. The molecule has 0 unspecified atom stereocenters. The smallest absolute Gasteiger partial charge is 0.130 e. The summed E-state index contributed by atoms with van der Waals surface area (Å²) in [6.45, 7) is 10.5. The first kappa shape index (κ1) is 18.0. The molecule has 1 aliphatic rings. The van der Waals surface area contributed by atoms with Crippen LogP contribution in [0.25, 0.3) is 5.70 Å². The van der Waals surface area contributed by atoms with Crippen LogP contribution in [0.1, 0.15) is 12.5 Å². The van der Waals surface area contributed by atoms with Crippen molar-refractivity contribution in [2.45, 2.75) is 6.92 Å². The fourth-order valence-electron chi connectivity index (χ4n) is 2.67. The van der Waals surface area contributed by atoms with Gasteiger partial charge in [0.25, 0.3) is 0 Å². The highest BCUT2D eigenvalue weighted by Gasteiger charge is 2.11. The molecule has 24 heavy (non-hydrogen) atoms. The summed E-state index contributed by atoms with van der Waals surface area (Å²) in [4.78, 5) is 6.80. The van der Waals surface area contributed by atoms with E-state index in [0.29, 0.717) is 23.8 Å². The molecule has 6 N–H and O–H groups in total. The summed E-state index contributed by atoms with van der Waals surface area (Å²) in [5.41, 5.74) is 16.2. The fourth-order valence-corrected chi connectivity index (χ4v) is 2.67. The molecule has 0 bridgehead atoms. The first-order valence-electron chi connectivity index (χ1n) is 8.22. The Labute approximate surface area is 144 Å². The van der Waals surface area contributed by atoms with Crippen LogP contribution in [-0.4, -0.2) is 45.6 Å². The zero-order valence-electron chi connectivity index (χ0n) is 14.6. The molecule has 1 heterocycles. The van der Waals surface area contributed by atoms with Crippen molar-refractivity contribution >= 4 is 17.2 Å². The molecule has 0 aliphatic carbocycles. The van der Waals surface area contributed by atoms with E-state index in [2.05, 4.69) is 39.2 Å². The van der Waals surface area contributed by atoms with Gasteiger partial charge in [-0.1, -0.05) is 18.7 Å². The molecular weight excluding hydrogens is 300 g/mol. The van der Waals surface area contributed by atoms with Crippen LogP contribution in [0.5, 0.6) is 0 Å². The maximum atomic E-state index is 6.09. The zero-order valence-corrected chi connectivity index (χ0v) is 14.6. The number of allylic oxidation sites excluding steroid dienone is 1. The second kappa shape index (κ2) is 8.52. The summed E-state index contributed by atoms with van der Waals surface area (Å²) >= 11 is 0. The number of hydrogen-bond acceptors (Lipinski definition) is 5. The molecule has 130 valence electrons. The Bertz CT molecular complexity index is 619. The third-order valence-corrected chi connectivity index (χ3v) is 4.08. The SMILES string of the molecule is C=C(N=C(N)/C(CNC)=C(/C)N)c1ccc(N2CCNCC2)cc1. The van der Waals surface area contributed by atoms with Gasteiger partial charge in [-0.15, -0.1) is 0 Å². The number of nitrogens with zero attached hydrogens (tertiary/aromatic N) is 2. The van der Waals surface area contributed by atoms with Crippen LogP contribution in [0.3, 0.4) is 0 Å². The lowest BCUT2D eigenvalue weighted by atomic mass is 10.1. The predicted octanol–water partition coefficient (Wildman–Crippen LogP) is 0.876.